The summed E-state index contributed by atoms with van der Waals surface area (Å²) in [5.41, 5.74) is 0.740. The van der Waals surface area contributed by atoms with Crippen LogP contribution in [0.25, 0.3) is 0 Å². The summed E-state index contributed by atoms with van der Waals surface area (Å²) in [6, 6.07) is 18.3. The Hall–Kier alpha value is -1.94. The maximum absolute atomic E-state index is 12.7. The highest BCUT2D eigenvalue weighted by Crippen LogP contribution is 2.23. The van der Waals surface area contributed by atoms with Gasteiger partial charge in [-0.2, -0.15) is 0 Å². The molecule has 0 heterocycles. The molecule has 2 aromatic carbocycles. The zero-order chi connectivity index (χ0) is 18.2. The number of thioether (sulfide) groups is 1. The lowest BCUT2D eigenvalue weighted by molar-refractivity contribution is 0.0696. The second-order valence-corrected chi connectivity index (χ2v) is 7.91. The van der Waals surface area contributed by atoms with E-state index in [4.69, 9.17) is 4.74 Å². The first-order valence-corrected chi connectivity index (χ1v) is 10.4. The van der Waals surface area contributed by atoms with Crippen molar-refractivity contribution in [3.05, 3.63) is 60.2 Å². The van der Waals surface area contributed by atoms with Crippen molar-refractivity contribution in [1.29, 1.82) is 0 Å². The Morgan fingerprint density at radius 1 is 1.04 bits per heavy atom. The van der Waals surface area contributed by atoms with Gasteiger partial charge >= 0.3 is 0 Å². The first-order valence-electron chi connectivity index (χ1n) is 9.42. The van der Waals surface area contributed by atoms with Gasteiger partial charge in [0.2, 0.25) is 0 Å². The second-order valence-electron chi connectivity index (χ2n) is 6.74. The number of benzene rings is 2. The minimum Gasteiger partial charge on any atom is -0.493 e. The highest BCUT2D eigenvalue weighted by Gasteiger charge is 2.22. The van der Waals surface area contributed by atoms with E-state index in [2.05, 4.69) is 12.1 Å². The molecule has 0 saturated heterocycles. The molecular weight excluding hydrogens is 342 g/mol. The van der Waals surface area contributed by atoms with E-state index in [9.17, 15) is 4.79 Å². The van der Waals surface area contributed by atoms with Gasteiger partial charge in [-0.3, -0.25) is 4.79 Å². The van der Waals surface area contributed by atoms with Gasteiger partial charge in [-0.05, 0) is 49.2 Å². The summed E-state index contributed by atoms with van der Waals surface area (Å²) in [4.78, 5) is 15.8. The summed E-state index contributed by atoms with van der Waals surface area (Å²) >= 11 is 1.78. The van der Waals surface area contributed by atoms with Crippen LogP contribution < -0.4 is 4.74 Å². The fourth-order valence-corrected chi connectivity index (χ4v) is 4.12. The van der Waals surface area contributed by atoms with Crippen LogP contribution in [0.5, 0.6) is 5.75 Å². The third-order valence-corrected chi connectivity index (χ3v) is 5.88. The van der Waals surface area contributed by atoms with Crippen LogP contribution in [0.1, 0.15) is 42.5 Å². The molecule has 0 N–H and O–H groups in total. The first kappa shape index (κ1) is 18.8. The van der Waals surface area contributed by atoms with Gasteiger partial charge in [0.15, 0.2) is 0 Å². The van der Waals surface area contributed by atoms with Crippen molar-refractivity contribution in [1.82, 2.24) is 4.90 Å². The van der Waals surface area contributed by atoms with E-state index in [0.717, 1.165) is 29.9 Å². The molecule has 4 heteroatoms. The van der Waals surface area contributed by atoms with Crippen LogP contribution >= 0.6 is 11.8 Å². The van der Waals surface area contributed by atoms with Crippen molar-refractivity contribution in [2.45, 2.75) is 43.0 Å². The van der Waals surface area contributed by atoms with E-state index in [1.54, 1.807) is 11.8 Å². The average molecular weight is 370 g/mol. The number of amides is 1. The van der Waals surface area contributed by atoms with E-state index in [0.29, 0.717) is 12.6 Å². The predicted octanol–water partition coefficient (Wildman–Crippen LogP) is 5.26. The third kappa shape index (κ3) is 5.28. The number of carbonyl (C=O) groups is 1. The predicted molar refractivity (Wildman–Crippen MR) is 108 cm³/mol. The molecule has 1 aliphatic carbocycles. The SMILES string of the molecule is CN(C(=O)c1ccc(OCCSc2ccccc2)cc1)C1CCCCC1. The van der Waals surface area contributed by atoms with Gasteiger partial charge < -0.3 is 9.64 Å². The maximum Gasteiger partial charge on any atom is 0.253 e. The summed E-state index contributed by atoms with van der Waals surface area (Å²) in [6.45, 7) is 0.648. The lowest BCUT2D eigenvalue weighted by atomic mass is 9.94. The van der Waals surface area contributed by atoms with Gasteiger partial charge in [-0.15, -0.1) is 11.8 Å². The Bertz CT molecular complexity index is 681. The van der Waals surface area contributed by atoms with Crippen LogP contribution in [0, 0.1) is 0 Å². The molecular formula is C22H27NO2S. The third-order valence-electron chi connectivity index (χ3n) is 4.91. The Balaban J connectivity index is 1.46. The van der Waals surface area contributed by atoms with Gasteiger partial charge in [0.05, 0.1) is 6.61 Å². The fraction of sp³-hybridized carbons (Fsp3) is 0.409. The van der Waals surface area contributed by atoms with Gasteiger partial charge in [0, 0.05) is 29.3 Å². The number of ether oxygens (including phenoxy) is 1. The summed E-state index contributed by atoms with van der Waals surface area (Å²) < 4.78 is 5.79. The topological polar surface area (TPSA) is 29.5 Å². The zero-order valence-electron chi connectivity index (χ0n) is 15.4. The molecule has 0 aliphatic heterocycles. The van der Waals surface area contributed by atoms with E-state index < -0.39 is 0 Å². The first-order chi connectivity index (χ1) is 12.7. The van der Waals surface area contributed by atoms with Gasteiger partial charge in [0.1, 0.15) is 5.75 Å². The van der Waals surface area contributed by atoms with E-state index in [-0.39, 0.29) is 5.91 Å². The molecule has 0 bridgehead atoms. The van der Waals surface area contributed by atoms with Crippen LogP contribution in [0.15, 0.2) is 59.5 Å². The van der Waals surface area contributed by atoms with Crippen molar-refractivity contribution in [2.75, 3.05) is 19.4 Å². The Kier molecular flexibility index (Phi) is 7.01. The molecule has 3 nitrogen and oxygen atoms in total. The molecule has 0 aromatic heterocycles. The van der Waals surface area contributed by atoms with Gasteiger partial charge in [-0.25, -0.2) is 0 Å². The van der Waals surface area contributed by atoms with Crippen LogP contribution in [0.2, 0.25) is 0 Å². The van der Waals surface area contributed by atoms with Crippen molar-refractivity contribution < 1.29 is 9.53 Å². The quantitative estimate of drug-likeness (QED) is 0.492. The summed E-state index contributed by atoms with van der Waals surface area (Å²) in [5, 5.41) is 0. The summed E-state index contributed by atoms with van der Waals surface area (Å²) in [5.74, 6) is 1.83. The van der Waals surface area contributed by atoms with E-state index in [1.807, 2.05) is 54.4 Å². The number of carbonyl (C=O) groups excluding carboxylic acids is 1. The molecule has 1 aliphatic rings. The lowest BCUT2D eigenvalue weighted by Gasteiger charge is -2.31. The Morgan fingerprint density at radius 3 is 2.42 bits per heavy atom. The molecule has 26 heavy (non-hydrogen) atoms. The smallest absolute Gasteiger partial charge is 0.253 e. The van der Waals surface area contributed by atoms with Crippen LogP contribution in [-0.4, -0.2) is 36.3 Å². The number of hydrogen-bond donors (Lipinski definition) is 0. The van der Waals surface area contributed by atoms with Crippen molar-refractivity contribution in [3.8, 4) is 5.75 Å². The molecule has 138 valence electrons. The van der Waals surface area contributed by atoms with Crippen molar-refractivity contribution >= 4 is 17.7 Å². The highest BCUT2D eigenvalue weighted by molar-refractivity contribution is 7.99. The zero-order valence-corrected chi connectivity index (χ0v) is 16.2. The van der Waals surface area contributed by atoms with Crippen LogP contribution in [-0.2, 0) is 0 Å². The van der Waals surface area contributed by atoms with E-state index >= 15 is 0 Å². The highest BCUT2D eigenvalue weighted by atomic mass is 32.2. The molecule has 3 rings (SSSR count). The summed E-state index contributed by atoms with van der Waals surface area (Å²) in [6.07, 6.45) is 6.02. The fourth-order valence-electron chi connectivity index (χ4n) is 3.37. The van der Waals surface area contributed by atoms with E-state index in [1.165, 1.54) is 24.2 Å². The number of nitrogens with zero attached hydrogens (tertiary/aromatic N) is 1. The van der Waals surface area contributed by atoms with Gasteiger partial charge in [0.25, 0.3) is 5.91 Å². The number of hydrogen-bond acceptors (Lipinski definition) is 3. The lowest BCUT2D eigenvalue weighted by Crippen LogP contribution is -2.38. The summed E-state index contributed by atoms with van der Waals surface area (Å²) in [7, 11) is 1.93. The van der Waals surface area contributed by atoms with Crippen molar-refractivity contribution in [2.24, 2.45) is 0 Å². The average Bonchev–Trinajstić information content (AvgIpc) is 2.72. The molecule has 2 aromatic rings. The molecule has 1 amide bonds. The molecule has 1 saturated carbocycles. The minimum absolute atomic E-state index is 0.114. The molecule has 0 spiro atoms. The second kappa shape index (κ2) is 9.67. The maximum atomic E-state index is 12.7. The van der Waals surface area contributed by atoms with Gasteiger partial charge in [-0.1, -0.05) is 37.5 Å². The normalized spacial score (nSPS) is 14.8. The molecule has 0 radical (unpaired) electrons. The molecule has 0 atom stereocenters. The Morgan fingerprint density at radius 2 is 1.73 bits per heavy atom. The van der Waals surface area contributed by atoms with Crippen LogP contribution in [0.3, 0.4) is 0 Å². The molecule has 1 fully saturated rings. The number of rotatable bonds is 7. The standard InChI is InChI=1S/C22H27NO2S/c1-23(19-8-4-2-5-9-19)22(24)18-12-14-20(15-13-18)25-16-17-26-21-10-6-3-7-11-21/h3,6-7,10-15,19H,2,4-5,8-9,16-17H2,1H3. The van der Waals surface area contributed by atoms with Crippen LogP contribution in [0.4, 0.5) is 0 Å². The Labute approximate surface area is 160 Å². The molecule has 0 unspecified atom stereocenters. The largest absolute Gasteiger partial charge is 0.493 e. The van der Waals surface area contributed by atoms with Crippen molar-refractivity contribution in [3.63, 3.8) is 0 Å². The monoisotopic (exact) mass is 369 g/mol. The minimum atomic E-state index is 0.114.